The van der Waals surface area contributed by atoms with Crippen molar-refractivity contribution >= 4 is 22.6 Å². The lowest BCUT2D eigenvalue weighted by Gasteiger charge is -2.43. The molecule has 23 heavy (non-hydrogen) atoms. The Morgan fingerprint density at radius 3 is 2.83 bits per heavy atom. The average Bonchev–Trinajstić information content (AvgIpc) is 2.49. The van der Waals surface area contributed by atoms with E-state index in [4.69, 9.17) is 10.8 Å². The van der Waals surface area contributed by atoms with Gasteiger partial charge in [-0.05, 0) is 30.0 Å². The van der Waals surface area contributed by atoms with Gasteiger partial charge in [-0.2, -0.15) is 0 Å². The number of rotatable bonds is 2. The molecule has 1 aromatic carbocycles. The molecule has 122 valence electrons. The van der Waals surface area contributed by atoms with Gasteiger partial charge in [0, 0.05) is 36.4 Å². The summed E-state index contributed by atoms with van der Waals surface area (Å²) in [6, 6.07) is 5.64. The van der Waals surface area contributed by atoms with Crippen molar-refractivity contribution in [2.45, 2.75) is 26.3 Å². The van der Waals surface area contributed by atoms with Crippen LogP contribution in [-0.4, -0.2) is 35.2 Å². The summed E-state index contributed by atoms with van der Waals surface area (Å²) < 4.78 is 0. The molecule has 2 heterocycles. The molecule has 0 amide bonds. The number of H-pyrrole nitrogens is 1. The zero-order chi connectivity index (χ0) is 16.8. The van der Waals surface area contributed by atoms with E-state index in [0.29, 0.717) is 10.9 Å². The van der Waals surface area contributed by atoms with Crippen molar-refractivity contribution in [2.24, 2.45) is 11.1 Å². The van der Waals surface area contributed by atoms with E-state index >= 15 is 0 Å². The first kappa shape index (κ1) is 15.6. The fraction of sp³-hybridized carbons (Fsp3) is 0.412. The van der Waals surface area contributed by atoms with Crippen LogP contribution in [0.25, 0.3) is 10.9 Å². The molecule has 1 fully saturated rings. The lowest BCUT2D eigenvalue weighted by molar-refractivity contribution is 0.0695. The molecule has 1 aliphatic heterocycles. The minimum atomic E-state index is -1.22. The summed E-state index contributed by atoms with van der Waals surface area (Å²) >= 11 is 0. The number of nitrogens with one attached hydrogen (secondary N) is 1. The van der Waals surface area contributed by atoms with Gasteiger partial charge in [0.25, 0.3) is 0 Å². The standard InChI is InChI=1S/C17H21N3O3/c1-17(2)9-20(6-5-14(17)18)10-3-4-11-13(7-10)19-8-12(15(11)21)16(22)23/h3-4,7-8,14H,5-6,9,18H2,1-2H3,(H,19,21)(H,22,23). The van der Waals surface area contributed by atoms with Crippen molar-refractivity contribution in [1.82, 2.24) is 4.98 Å². The van der Waals surface area contributed by atoms with Crippen LogP contribution in [0, 0.1) is 5.41 Å². The third-order valence-corrected chi connectivity index (χ3v) is 4.77. The molecule has 0 spiro atoms. The van der Waals surface area contributed by atoms with Gasteiger partial charge in [-0.3, -0.25) is 4.79 Å². The van der Waals surface area contributed by atoms with Crippen molar-refractivity contribution in [3.05, 3.63) is 40.2 Å². The number of pyridine rings is 1. The number of carbonyl (C=O) groups is 1. The van der Waals surface area contributed by atoms with Gasteiger partial charge in [0.05, 0.1) is 5.52 Å². The molecule has 2 aromatic rings. The van der Waals surface area contributed by atoms with E-state index in [2.05, 4.69) is 23.7 Å². The lowest BCUT2D eigenvalue weighted by atomic mass is 9.79. The first-order valence-corrected chi connectivity index (χ1v) is 7.69. The Bertz CT molecular complexity index is 825. The lowest BCUT2D eigenvalue weighted by Crippen LogP contribution is -2.52. The molecular formula is C17H21N3O3. The Balaban J connectivity index is 2.00. The van der Waals surface area contributed by atoms with Crippen LogP contribution in [0.15, 0.2) is 29.2 Å². The molecule has 0 bridgehead atoms. The normalized spacial score (nSPS) is 20.7. The molecule has 1 unspecified atom stereocenters. The largest absolute Gasteiger partial charge is 0.477 e. The number of nitrogens with zero attached hydrogens (tertiary/aromatic N) is 1. The highest BCUT2D eigenvalue weighted by molar-refractivity contribution is 5.93. The first-order valence-electron chi connectivity index (χ1n) is 7.69. The molecule has 3 rings (SSSR count). The molecule has 0 saturated carbocycles. The predicted octanol–water partition coefficient (Wildman–Crippen LogP) is 1.79. The van der Waals surface area contributed by atoms with E-state index < -0.39 is 11.4 Å². The van der Waals surface area contributed by atoms with Gasteiger partial charge in [0.2, 0.25) is 5.43 Å². The third-order valence-electron chi connectivity index (χ3n) is 4.77. The quantitative estimate of drug-likeness (QED) is 0.784. The summed E-state index contributed by atoms with van der Waals surface area (Å²) in [7, 11) is 0. The topological polar surface area (TPSA) is 99.4 Å². The predicted molar refractivity (Wildman–Crippen MR) is 90.1 cm³/mol. The van der Waals surface area contributed by atoms with Gasteiger partial charge in [-0.1, -0.05) is 13.8 Å². The molecule has 1 saturated heterocycles. The number of aromatic amines is 1. The smallest absolute Gasteiger partial charge is 0.341 e. The number of aromatic carboxylic acids is 1. The molecule has 1 aliphatic rings. The Morgan fingerprint density at radius 2 is 2.17 bits per heavy atom. The maximum Gasteiger partial charge on any atom is 0.341 e. The van der Waals surface area contributed by atoms with Crippen LogP contribution in [0.3, 0.4) is 0 Å². The van der Waals surface area contributed by atoms with E-state index in [1.807, 2.05) is 12.1 Å². The monoisotopic (exact) mass is 315 g/mol. The molecular weight excluding hydrogens is 294 g/mol. The summed E-state index contributed by atoms with van der Waals surface area (Å²) in [4.78, 5) is 28.4. The van der Waals surface area contributed by atoms with Crippen LogP contribution < -0.4 is 16.1 Å². The average molecular weight is 315 g/mol. The number of hydrogen-bond acceptors (Lipinski definition) is 4. The number of anilines is 1. The Labute approximate surface area is 133 Å². The van der Waals surface area contributed by atoms with Crippen LogP contribution in [0.1, 0.15) is 30.6 Å². The Kier molecular flexibility index (Phi) is 3.64. The van der Waals surface area contributed by atoms with Gasteiger partial charge in [0.1, 0.15) is 5.56 Å². The zero-order valence-electron chi connectivity index (χ0n) is 13.3. The van der Waals surface area contributed by atoms with Gasteiger partial charge in [0.15, 0.2) is 0 Å². The second-order valence-electron chi connectivity index (χ2n) is 6.87. The van der Waals surface area contributed by atoms with Crippen molar-refractivity contribution in [2.75, 3.05) is 18.0 Å². The van der Waals surface area contributed by atoms with Gasteiger partial charge in [-0.25, -0.2) is 4.79 Å². The summed E-state index contributed by atoms with van der Waals surface area (Å²) in [5.74, 6) is -1.22. The summed E-state index contributed by atoms with van der Waals surface area (Å²) in [5.41, 5.74) is 7.15. The Hall–Kier alpha value is -2.34. The van der Waals surface area contributed by atoms with E-state index in [0.717, 1.165) is 25.2 Å². The van der Waals surface area contributed by atoms with Crippen LogP contribution in [0.2, 0.25) is 0 Å². The van der Waals surface area contributed by atoms with Crippen molar-refractivity contribution in [3.63, 3.8) is 0 Å². The molecule has 1 atom stereocenters. The van der Waals surface area contributed by atoms with E-state index in [1.165, 1.54) is 6.20 Å². The third kappa shape index (κ3) is 2.70. The number of nitrogens with two attached hydrogens (primary N) is 1. The van der Waals surface area contributed by atoms with Crippen LogP contribution in [0.5, 0.6) is 0 Å². The highest BCUT2D eigenvalue weighted by atomic mass is 16.4. The highest BCUT2D eigenvalue weighted by Crippen LogP contribution is 2.31. The zero-order valence-corrected chi connectivity index (χ0v) is 13.3. The van der Waals surface area contributed by atoms with Crippen LogP contribution in [0.4, 0.5) is 5.69 Å². The van der Waals surface area contributed by atoms with Crippen molar-refractivity contribution in [3.8, 4) is 0 Å². The number of fused-ring (bicyclic) bond motifs is 1. The number of carboxylic acid groups (broad SMARTS) is 1. The van der Waals surface area contributed by atoms with Gasteiger partial charge >= 0.3 is 5.97 Å². The fourth-order valence-corrected chi connectivity index (χ4v) is 3.16. The van der Waals surface area contributed by atoms with Crippen molar-refractivity contribution < 1.29 is 9.90 Å². The second-order valence-corrected chi connectivity index (χ2v) is 6.87. The summed E-state index contributed by atoms with van der Waals surface area (Å²) in [5, 5.41) is 9.42. The number of carboxylic acids is 1. The minimum Gasteiger partial charge on any atom is -0.477 e. The summed E-state index contributed by atoms with van der Waals surface area (Å²) in [6.07, 6.45) is 2.17. The maximum atomic E-state index is 12.2. The minimum absolute atomic E-state index is 0.0216. The molecule has 1 aromatic heterocycles. The molecule has 0 radical (unpaired) electrons. The Morgan fingerprint density at radius 1 is 1.43 bits per heavy atom. The molecule has 6 heteroatoms. The fourth-order valence-electron chi connectivity index (χ4n) is 3.16. The van der Waals surface area contributed by atoms with Gasteiger partial charge in [-0.15, -0.1) is 0 Å². The maximum absolute atomic E-state index is 12.2. The second kappa shape index (κ2) is 5.38. The highest BCUT2D eigenvalue weighted by Gasteiger charge is 2.33. The number of hydrogen-bond donors (Lipinski definition) is 3. The van der Waals surface area contributed by atoms with Crippen LogP contribution in [-0.2, 0) is 0 Å². The van der Waals surface area contributed by atoms with Crippen molar-refractivity contribution in [1.29, 1.82) is 0 Å². The first-order chi connectivity index (χ1) is 10.8. The molecule has 4 N–H and O–H groups in total. The number of piperidine rings is 1. The summed E-state index contributed by atoms with van der Waals surface area (Å²) in [6.45, 7) is 6.03. The molecule has 0 aliphatic carbocycles. The number of benzene rings is 1. The molecule has 6 nitrogen and oxygen atoms in total. The van der Waals surface area contributed by atoms with Gasteiger partial charge < -0.3 is 20.7 Å². The van der Waals surface area contributed by atoms with E-state index in [1.54, 1.807) is 6.07 Å². The number of aromatic nitrogens is 1. The van der Waals surface area contributed by atoms with E-state index in [9.17, 15) is 9.59 Å². The van der Waals surface area contributed by atoms with E-state index in [-0.39, 0.29) is 17.0 Å². The van der Waals surface area contributed by atoms with Crippen LogP contribution >= 0.6 is 0 Å². The SMILES string of the molecule is CC1(C)CN(c2ccc3c(=O)c(C(=O)O)c[nH]c3c2)CCC1N.